The molecule has 0 saturated carbocycles. The number of carbonyl (C=O) groups is 5. The molecule has 15 heteroatoms. The molecule has 0 bridgehead atoms. The summed E-state index contributed by atoms with van der Waals surface area (Å²) in [6.07, 6.45) is 0.265. The van der Waals surface area contributed by atoms with Crippen molar-refractivity contribution < 1.29 is 34.2 Å². The van der Waals surface area contributed by atoms with Crippen molar-refractivity contribution in [3.8, 4) is 0 Å². The summed E-state index contributed by atoms with van der Waals surface area (Å²) in [6, 6.07) is -5.01. The van der Waals surface area contributed by atoms with Crippen LogP contribution in [0.25, 0.3) is 0 Å². The molecule has 200 valence electrons. The Morgan fingerprint density at radius 1 is 0.857 bits per heavy atom. The van der Waals surface area contributed by atoms with Gasteiger partial charge in [-0.2, -0.15) is 0 Å². The number of aliphatic imine (C=N–C) groups is 1. The van der Waals surface area contributed by atoms with Crippen LogP contribution >= 0.6 is 0 Å². The van der Waals surface area contributed by atoms with Gasteiger partial charge in [0.2, 0.25) is 23.6 Å². The van der Waals surface area contributed by atoms with E-state index in [0.29, 0.717) is 0 Å². The lowest BCUT2D eigenvalue weighted by molar-refractivity contribution is -0.143. The molecule has 35 heavy (non-hydrogen) atoms. The highest BCUT2D eigenvalue weighted by atomic mass is 16.4. The average Bonchev–Trinajstić information content (AvgIpc) is 2.76. The van der Waals surface area contributed by atoms with E-state index >= 15 is 0 Å². The number of nitrogens with one attached hydrogen (secondary N) is 3. The monoisotopic (exact) mass is 502 g/mol. The van der Waals surface area contributed by atoms with Gasteiger partial charge in [0.05, 0.1) is 12.6 Å². The predicted molar refractivity (Wildman–Crippen MR) is 126 cm³/mol. The minimum absolute atomic E-state index is 0.0397. The van der Waals surface area contributed by atoms with E-state index in [-0.39, 0.29) is 50.5 Å². The molecule has 0 aliphatic carbocycles. The maximum absolute atomic E-state index is 12.8. The second-order valence-electron chi connectivity index (χ2n) is 8.39. The third kappa shape index (κ3) is 13.7. The van der Waals surface area contributed by atoms with Gasteiger partial charge in [-0.3, -0.25) is 24.2 Å². The summed E-state index contributed by atoms with van der Waals surface area (Å²) in [4.78, 5) is 63.8. The second-order valence-corrected chi connectivity index (χ2v) is 8.39. The number of carboxylic acid groups (broad SMARTS) is 1. The molecule has 0 heterocycles. The van der Waals surface area contributed by atoms with Gasteiger partial charge in [0, 0.05) is 13.0 Å². The van der Waals surface area contributed by atoms with E-state index in [1.165, 1.54) is 0 Å². The molecule has 0 rings (SSSR count). The molecule has 0 fully saturated rings. The van der Waals surface area contributed by atoms with Crippen molar-refractivity contribution in [3.63, 3.8) is 0 Å². The Morgan fingerprint density at radius 3 is 1.89 bits per heavy atom. The van der Waals surface area contributed by atoms with E-state index < -0.39 is 60.4 Å². The molecule has 4 amide bonds. The Morgan fingerprint density at radius 2 is 1.40 bits per heavy atom. The third-order valence-electron chi connectivity index (χ3n) is 4.75. The predicted octanol–water partition coefficient (Wildman–Crippen LogP) is -3.79. The first kappa shape index (κ1) is 31.5. The van der Waals surface area contributed by atoms with Crippen molar-refractivity contribution in [1.82, 2.24) is 16.0 Å². The summed E-state index contributed by atoms with van der Waals surface area (Å²) in [5, 5.41) is 25.9. The average molecular weight is 503 g/mol. The summed E-state index contributed by atoms with van der Waals surface area (Å²) in [5.74, 6) is -4.57. The van der Waals surface area contributed by atoms with Crippen LogP contribution in [-0.4, -0.2) is 83.1 Å². The van der Waals surface area contributed by atoms with E-state index in [0.717, 1.165) is 0 Å². The van der Waals surface area contributed by atoms with E-state index in [4.69, 9.17) is 22.9 Å². The van der Waals surface area contributed by atoms with Crippen LogP contribution in [0.2, 0.25) is 0 Å². The van der Waals surface area contributed by atoms with Gasteiger partial charge in [-0.1, -0.05) is 13.8 Å². The maximum Gasteiger partial charge on any atom is 0.326 e. The summed E-state index contributed by atoms with van der Waals surface area (Å²) < 4.78 is 0. The molecule has 0 aromatic heterocycles. The number of primary amides is 1. The molecule has 15 nitrogen and oxygen atoms in total. The number of amides is 4. The Balaban J connectivity index is 5.36. The number of aliphatic carboxylic acids is 1. The Hall–Kier alpha value is -3.46. The van der Waals surface area contributed by atoms with E-state index in [1.54, 1.807) is 13.8 Å². The van der Waals surface area contributed by atoms with Crippen LogP contribution in [0.4, 0.5) is 0 Å². The standard InChI is InChI=1S/C20H38N8O7/c1-10(2)8-13(19(34)35)27-18(33)14(9-29)28-17(32)12(4-3-7-25-20(23)24)26-16(31)11(21)5-6-15(22)30/h10-14,29H,3-9,21H2,1-2H3,(H2,22,30)(H,26,31)(H,27,33)(H,28,32)(H,34,35)(H4,23,24,25). The molecule has 0 radical (unpaired) electrons. The smallest absolute Gasteiger partial charge is 0.326 e. The van der Waals surface area contributed by atoms with Crippen molar-refractivity contribution in [2.45, 2.75) is 70.1 Å². The lowest BCUT2D eigenvalue weighted by Crippen LogP contribution is -2.58. The van der Waals surface area contributed by atoms with E-state index in [9.17, 15) is 34.2 Å². The minimum atomic E-state index is -1.47. The normalized spacial score (nSPS) is 14.2. The topological polar surface area (TPSA) is 278 Å². The van der Waals surface area contributed by atoms with E-state index in [2.05, 4.69) is 20.9 Å². The molecule has 4 unspecified atom stereocenters. The fourth-order valence-corrected chi connectivity index (χ4v) is 2.91. The maximum atomic E-state index is 12.8. The molecule has 0 spiro atoms. The lowest BCUT2D eigenvalue weighted by atomic mass is 10.0. The van der Waals surface area contributed by atoms with Crippen LogP contribution in [0.1, 0.15) is 46.0 Å². The summed E-state index contributed by atoms with van der Waals surface area (Å²) >= 11 is 0. The van der Waals surface area contributed by atoms with Gasteiger partial charge in [-0.05, 0) is 31.6 Å². The highest BCUT2D eigenvalue weighted by Gasteiger charge is 2.30. The van der Waals surface area contributed by atoms with Crippen molar-refractivity contribution in [3.05, 3.63) is 0 Å². The van der Waals surface area contributed by atoms with Crippen LogP contribution in [0.15, 0.2) is 4.99 Å². The molecule has 0 aromatic carbocycles. The first-order valence-corrected chi connectivity index (χ1v) is 11.1. The molecular formula is C20H38N8O7. The fraction of sp³-hybridized carbons (Fsp3) is 0.700. The zero-order valence-electron chi connectivity index (χ0n) is 20.0. The number of carboxylic acids is 1. The van der Waals surface area contributed by atoms with Crippen molar-refractivity contribution in [2.75, 3.05) is 13.2 Å². The molecule has 13 N–H and O–H groups in total. The Bertz CT molecular complexity index is 771. The van der Waals surface area contributed by atoms with E-state index in [1.807, 2.05) is 0 Å². The first-order chi connectivity index (χ1) is 16.3. The van der Waals surface area contributed by atoms with Gasteiger partial charge in [-0.25, -0.2) is 4.79 Å². The molecule has 4 atom stereocenters. The Kier molecular flexibility index (Phi) is 14.6. The SMILES string of the molecule is CC(C)CC(NC(=O)C(CO)NC(=O)C(CCCN=C(N)N)NC(=O)C(N)CCC(N)=O)C(=O)O. The minimum Gasteiger partial charge on any atom is -0.480 e. The van der Waals surface area contributed by atoms with Crippen LogP contribution < -0.4 is 38.9 Å². The Labute approximate surface area is 203 Å². The number of rotatable bonds is 17. The van der Waals surface area contributed by atoms with Crippen molar-refractivity contribution in [1.29, 1.82) is 0 Å². The van der Waals surface area contributed by atoms with Gasteiger partial charge in [0.25, 0.3) is 0 Å². The molecule has 0 saturated heterocycles. The van der Waals surface area contributed by atoms with Gasteiger partial charge in [0.1, 0.15) is 18.1 Å². The van der Waals surface area contributed by atoms with Crippen LogP contribution in [0.3, 0.4) is 0 Å². The molecule has 0 aromatic rings. The summed E-state index contributed by atoms with van der Waals surface area (Å²) in [7, 11) is 0. The largest absolute Gasteiger partial charge is 0.480 e. The van der Waals surface area contributed by atoms with Crippen molar-refractivity contribution in [2.24, 2.45) is 33.8 Å². The number of aliphatic hydroxyl groups excluding tert-OH is 1. The summed E-state index contributed by atoms with van der Waals surface area (Å²) in [6.45, 7) is 2.88. The molecular weight excluding hydrogens is 464 g/mol. The van der Waals surface area contributed by atoms with Crippen LogP contribution in [-0.2, 0) is 24.0 Å². The van der Waals surface area contributed by atoms with Crippen LogP contribution in [0, 0.1) is 5.92 Å². The highest BCUT2D eigenvalue weighted by Crippen LogP contribution is 2.06. The number of carbonyl (C=O) groups excluding carboxylic acids is 4. The fourth-order valence-electron chi connectivity index (χ4n) is 2.91. The van der Waals surface area contributed by atoms with Gasteiger partial charge in [-0.15, -0.1) is 0 Å². The zero-order valence-corrected chi connectivity index (χ0v) is 20.0. The van der Waals surface area contributed by atoms with Gasteiger partial charge >= 0.3 is 5.97 Å². The molecule has 0 aliphatic rings. The highest BCUT2D eigenvalue weighted by molar-refractivity contribution is 5.94. The number of nitrogens with zero attached hydrogens (tertiary/aromatic N) is 1. The molecule has 0 aliphatic heterocycles. The van der Waals surface area contributed by atoms with Gasteiger partial charge < -0.3 is 49.1 Å². The third-order valence-corrected chi connectivity index (χ3v) is 4.75. The van der Waals surface area contributed by atoms with Gasteiger partial charge in [0.15, 0.2) is 5.96 Å². The van der Waals surface area contributed by atoms with Crippen LogP contribution in [0.5, 0.6) is 0 Å². The second kappa shape index (κ2) is 16.2. The lowest BCUT2D eigenvalue weighted by Gasteiger charge is -2.24. The first-order valence-electron chi connectivity index (χ1n) is 11.1. The summed E-state index contributed by atoms with van der Waals surface area (Å²) in [5.41, 5.74) is 21.3. The quantitative estimate of drug-likeness (QED) is 0.0531. The van der Waals surface area contributed by atoms with Crippen molar-refractivity contribution >= 4 is 35.6 Å². The number of guanidine groups is 1. The zero-order chi connectivity index (χ0) is 27.1. The number of nitrogens with two attached hydrogens (primary N) is 4. The number of hydrogen-bond donors (Lipinski definition) is 9. The number of aliphatic hydroxyl groups is 1. The number of hydrogen-bond acceptors (Lipinski definition) is 8.